The number of hydrogen-bond donors (Lipinski definition) is 4. The summed E-state index contributed by atoms with van der Waals surface area (Å²) in [5.41, 5.74) is 0. The number of carbonyl (C=O) groups is 2. The lowest BCUT2D eigenvalue weighted by molar-refractivity contribution is -0.305. The molecule has 4 N–H and O–H groups in total. The van der Waals surface area contributed by atoms with Crippen LogP contribution in [-0.4, -0.2) is 89.0 Å². The topological polar surface area (TPSA) is 152 Å². The molecule has 6 unspecified atom stereocenters. The number of allylic oxidation sites excluding steroid dienone is 14. The van der Waals surface area contributed by atoms with E-state index in [4.69, 9.17) is 18.9 Å². The molecule has 0 bridgehead atoms. The van der Waals surface area contributed by atoms with Gasteiger partial charge >= 0.3 is 11.9 Å². The number of hydrogen-bond acceptors (Lipinski definition) is 10. The predicted octanol–water partition coefficient (Wildman–Crippen LogP) is 9.77. The van der Waals surface area contributed by atoms with Gasteiger partial charge in [-0.15, -0.1) is 0 Å². The molecule has 1 aliphatic rings. The zero-order valence-corrected chi connectivity index (χ0v) is 36.5. The Balaban J connectivity index is 2.35. The van der Waals surface area contributed by atoms with E-state index in [1.165, 1.54) is 0 Å². The first-order chi connectivity index (χ1) is 28.8. The summed E-state index contributed by atoms with van der Waals surface area (Å²) in [6.45, 7) is 3.15. The summed E-state index contributed by atoms with van der Waals surface area (Å²) < 4.78 is 22.1. The van der Waals surface area contributed by atoms with Gasteiger partial charge in [-0.2, -0.15) is 0 Å². The van der Waals surface area contributed by atoms with Gasteiger partial charge in [-0.1, -0.05) is 144 Å². The first-order valence-electron chi connectivity index (χ1n) is 22.7. The van der Waals surface area contributed by atoms with Crippen LogP contribution in [0.1, 0.15) is 155 Å². The molecular weight excluding hydrogens is 749 g/mol. The van der Waals surface area contributed by atoms with Gasteiger partial charge in [0, 0.05) is 12.8 Å². The highest BCUT2D eigenvalue weighted by Crippen LogP contribution is 2.22. The maximum Gasteiger partial charge on any atom is 0.306 e. The zero-order chi connectivity index (χ0) is 43.0. The van der Waals surface area contributed by atoms with Gasteiger partial charge in [0.2, 0.25) is 0 Å². The molecule has 0 spiro atoms. The van der Waals surface area contributed by atoms with Crippen molar-refractivity contribution in [3.8, 4) is 0 Å². The molecule has 1 aliphatic heterocycles. The Bertz CT molecular complexity index is 1230. The molecule has 0 radical (unpaired) electrons. The molecule has 1 heterocycles. The lowest BCUT2D eigenvalue weighted by Crippen LogP contribution is -2.59. The minimum absolute atomic E-state index is 0.205. The van der Waals surface area contributed by atoms with Gasteiger partial charge in [-0.05, 0) is 83.5 Å². The molecule has 0 saturated carbocycles. The molecule has 0 aromatic rings. The molecule has 0 aromatic heterocycles. The summed E-state index contributed by atoms with van der Waals surface area (Å²) in [6, 6.07) is 0. The minimum atomic E-state index is -1.61. The van der Waals surface area contributed by atoms with E-state index in [1.54, 1.807) is 0 Å². The quantitative estimate of drug-likeness (QED) is 0.0273. The molecule has 10 nitrogen and oxygen atoms in total. The third-order valence-electron chi connectivity index (χ3n) is 9.78. The third kappa shape index (κ3) is 30.5. The summed E-state index contributed by atoms with van der Waals surface area (Å²) in [4.78, 5) is 25.3. The normalized spacial score (nSPS) is 20.8. The van der Waals surface area contributed by atoms with Crippen LogP contribution in [0.3, 0.4) is 0 Å². The summed E-state index contributed by atoms with van der Waals surface area (Å²) in [6.07, 6.45) is 43.0. The van der Waals surface area contributed by atoms with E-state index in [0.717, 1.165) is 116 Å². The van der Waals surface area contributed by atoms with Crippen molar-refractivity contribution < 1.29 is 49.0 Å². The fourth-order valence-electron chi connectivity index (χ4n) is 6.25. The van der Waals surface area contributed by atoms with E-state index in [2.05, 4.69) is 98.9 Å². The Kier molecular flexibility index (Phi) is 35.7. The molecule has 6 atom stereocenters. The summed E-state index contributed by atoms with van der Waals surface area (Å²) in [5, 5.41) is 40.1. The summed E-state index contributed by atoms with van der Waals surface area (Å²) in [5.74, 6) is -0.851. The fourth-order valence-corrected chi connectivity index (χ4v) is 6.25. The number of carbonyl (C=O) groups excluding carboxylic acids is 2. The van der Waals surface area contributed by atoms with Crippen molar-refractivity contribution in [2.24, 2.45) is 0 Å². The van der Waals surface area contributed by atoms with Crippen molar-refractivity contribution in [1.82, 2.24) is 0 Å². The van der Waals surface area contributed by atoms with Crippen molar-refractivity contribution in [2.75, 3.05) is 19.8 Å². The van der Waals surface area contributed by atoms with E-state index in [9.17, 15) is 30.0 Å². The van der Waals surface area contributed by atoms with Crippen molar-refractivity contribution in [1.29, 1.82) is 0 Å². The van der Waals surface area contributed by atoms with Gasteiger partial charge < -0.3 is 39.4 Å². The number of unbranched alkanes of at least 4 members (excludes halogenated alkanes) is 11. The highest BCUT2D eigenvalue weighted by atomic mass is 16.7. The number of esters is 2. The van der Waals surface area contributed by atoms with Gasteiger partial charge in [0.25, 0.3) is 0 Å². The molecular formula is C49H80O10. The standard InChI is InChI=1S/C49H80O10/c1-3-5-7-9-11-13-15-17-19-20-21-22-24-26-28-30-32-34-36-38-45(52)58-42(41-57-49-48(55)47(54)46(53)43(39-50)59-49)40-56-44(51)37-35-33-31-29-27-25-23-18-16-14-12-10-8-6-4-2/h5-8,11-14,17-19,21-23,42-43,46-50,53-55H,3-4,9-10,15-16,20,24-41H2,1-2H3/b7-5-,8-6-,13-11-,14-12-,19-17-,22-21-,23-18-. The second-order valence-electron chi connectivity index (χ2n) is 15.1. The SMILES string of the molecule is CC/C=C\C/C=C\C/C=C\C/C=C\CCCCCCCCC(=O)OC(COC(=O)CCCCCCC/C=C\C/C=C\C/C=C\CC)COC1OC(CO)C(O)C(O)C1O. The van der Waals surface area contributed by atoms with Crippen molar-refractivity contribution >= 4 is 11.9 Å². The van der Waals surface area contributed by atoms with E-state index in [1.807, 2.05) is 0 Å². The largest absolute Gasteiger partial charge is 0.462 e. The maximum absolute atomic E-state index is 12.8. The van der Waals surface area contributed by atoms with Gasteiger partial charge in [0.05, 0.1) is 13.2 Å². The second kappa shape index (κ2) is 39.0. The van der Waals surface area contributed by atoms with Crippen LogP contribution in [0.25, 0.3) is 0 Å². The Morgan fingerprint density at radius 3 is 1.42 bits per heavy atom. The lowest BCUT2D eigenvalue weighted by atomic mass is 9.99. The van der Waals surface area contributed by atoms with E-state index in [-0.39, 0.29) is 26.1 Å². The highest BCUT2D eigenvalue weighted by molar-refractivity contribution is 5.70. The number of rotatable bonds is 36. The summed E-state index contributed by atoms with van der Waals surface area (Å²) >= 11 is 0. The van der Waals surface area contributed by atoms with Gasteiger partial charge in [0.1, 0.15) is 31.0 Å². The number of ether oxygens (including phenoxy) is 4. The average molecular weight is 829 g/mol. The second-order valence-corrected chi connectivity index (χ2v) is 15.1. The van der Waals surface area contributed by atoms with Crippen LogP contribution in [-0.2, 0) is 28.5 Å². The van der Waals surface area contributed by atoms with Crippen molar-refractivity contribution in [2.45, 2.75) is 192 Å². The molecule has 0 aromatic carbocycles. The molecule has 1 rings (SSSR count). The van der Waals surface area contributed by atoms with Gasteiger partial charge in [0.15, 0.2) is 12.4 Å². The highest BCUT2D eigenvalue weighted by Gasteiger charge is 2.44. The summed E-state index contributed by atoms with van der Waals surface area (Å²) in [7, 11) is 0. The molecule has 336 valence electrons. The van der Waals surface area contributed by atoms with E-state index < -0.39 is 55.4 Å². The van der Waals surface area contributed by atoms with Crippen LogP contribution in [0.5, 0.6) is 0 Å². The molecule has 0 amide bonds. The van der Waals surface area contributed by atoms with Crippen molar-refractivity contribution in [3.63, 3.8) is 0 Å². The minimum Gasteiger partial charge on any atom is -0.462 e. The molecule has 0 aliphatic carbocycles. The fraction of sp³-hybridized carbons (Fsp3) is 0.673. The first kappa shape index (κ1) is 53.9. The van der Waals surface area contributed by atoms with Crippen LogP contribution < -0.4 is 0 Å². The average Bonchev–Trinajstić information content (AvgIpc) is 3.23. The van der Waals surface area contributed by atoms with Crippen LogP contribution in [0, 0.1) is 0 Å². The van der Waals surface area contributed by atoms with E-state index in [0.29, 0.717) is 12.8 Å². The monoisotopic (exact) mass is 829 g/mol. The Morgan fingerprint density at radius 2 is 0.949 bits per heavy atom. The van der Waals surface area contributed by atoms with Gasteiger partial charge in [-0.25, -0.2) is 0 Å². The first-order valence-corrected chi connectivity index (χ1v) is 22.7. The predicted molar refractivity (Wildman–Crippen MR) is 237 cm³/mol. The molecule has 1 saturated heterocycles. The van der Waals surface area contributed by atoms with Crippen LogP contribution in [0.4, 0.5) is 0 Å². The third-order valence-corrected chi connectivity index (χ3v) is 9.78. The smallest absolute Gasteiger partial charge is 0.306 e. The Hall–Kier alpha value is -3.12. The van der Waals surface area contributed by atoms with Crippen LogP contribution >= 0.6 is 0 Å². The van der Waals surface area contributed by atoms with Crippen molar-refractivity contribution in [3.05, 3.63) is 85.1 Å². The molecule has 10 heteroatoms. The number of aliphatic hydroxyl groups is 4. The van der Waals surface area contributed by atoms with Crippen LogP contribution in [0.2, 0.25) is 0 Å². The van der Waals surface area contributed by atoms with E-state index >= 15 is 0 Å². The van der Waals surface area contributed by atoms with Crippen LogP contribution in [0.15, 0.2) is 85.1 Å². The Labute approximate surface area is 356 Å². The molecule has 59 heavy (non-hydrogen) atoms. The lowest BCUT2D eigenvalue weighted by Gasteiger charge is -2.39. The van der Waals surface area contributed by atoms with Gasteiger partial charge in [-0.3, -0.25) is 9.59 Å². The Morgan fingerprint density at radius 1 is 0.525 bits per heavy atom. The zero-order valence-electron chi connectivity index (χ0n) is 36.5. The molecule has 1 fully saturated rings. The number of aliphatic hydroxyl groups excluding tert-OH is 4. The maximum atomic E-state index is 12.8.